The number of nitrogens with zero attached hydrogens (tertiary/aromatic N) is 4. The molecular formula is C23H34N4OS. The first kappa shape index (κ1) is 22.1. The minimum absolute atomic E-state index is 0.736. The third-order valence-electron chi connectivity index (χ3n) is 5.69. The lowest BCUT2D eigenvalue weighted by Crippen LogP contribution is -2.41. The van der Waals surface area contributed by atoms with Gasteiger partial charge in [-0.15, -0.1) is 0 Å². The average Bonchev–Trinajstić information content (AvgIpc) is 2.78. The Morgan fingerprint density at radius 2 is 2.07 bits per heavy atom. The van der Waals surface area contributed by atoms with Gasteiger partial charge in [-0.05, 0) is 62.2 Å². The van der Waals surface area contributed by atoms with E-state index >= 15 is 0 Å². The second-order valence-electron chi connectivity index (χ2n) is 7.82. The van der Waals surface area contributed by atoms with Gasteiger partial charge in [0.25, 0.3) is 0 Å². The SMILES string of the molecule is CCN(Cc1cnc(SC)nc1)C[C@@H]1CCCN(CCc2cccc(OC)c2)C1. The summed E-state index contributed by atoms with van der Waals surface area (Å²) >= 11 is 1.59. The second-order valence-corrected chi connectivity index (χ2v) is 8.59. The van der Waals surface area contributed by atoms with Gasteiger partial charge in [0.05, 0.1) is 7.11 Å². The van der Waals surface area contributed by atoms with E-state index in [0.717, 1.165) is 49.4 Å². The number of piperidine rings is 1. The van der Waals surface area contributed by atoms with Crippen molar-refractivity contribution in [3.63, 3.8) is 0 Å². The second kappa shape index (κ2) is 11.5. The van der Waals surface area contributed by atoms with E-state index in [-0.39, 0.29) is 0 Å². The molecule has 0 bridgehead atoms. The van der Waals surface area contributed by atoms with Gasteiger partial charge in [-0.1, -0.05) is 30.8 Å². The zero-order valence-corrected chi connectivity index (χ0v) is 18.8. The molecule has 1 atom stereocenters. The number of ether oxygens (including phenoxy) is 1. The van der Waals surface area contributed by atoms with Crippen molar-refractivity contribution in [1.29, 1.82) is 0 Å². The number of hydrogen-bond acceptors (Lipinski definition) is 6. The summed E-state index contributed by atoms with van der Waals surface area (Å²) in [5, 5.41) is 0.843. The van der Waals surface area contributed by atoms with Gasteiger partial charge < -0.3 is 9.64 Å². The molecule has 1 aromatic heterocycles. The van der Waals surface area contributed by atoms with Crippen molar-refractivity contribution in [2.24, 2.45) is 5.92 Å². The molecule has 0 spiro atoms. The van der Waals surface area contributed by atoms with E-state index in [0.29, 0.717) is 0 Å². The van der Waals surface area contributed by atoms with E-state index in [1.165, 1.54) is 37.1 Å². The highest BCUT2D eigenvalue weighted by Crippen LogP contribution is 2.20. The van der Waals surface area contributed by atoms with Crippen LogP contribution in [0.5, 0.6) is 5.75 Å². The van der Waals surface area contributed by atoms with Gasteiger partial charge in [0.15, 0.2) is 5.16 Å². The number of aromatic nitrogens is 2. The maximum Gasteiger partial charge on any atom is 0.187 e. The number of thioether (sulfide) groups is 1. The van der Waals surface area contributed by atoms with Gasteiger partial charge in [0.2, 0.25) is 0 Å². The Balaban J connectivity index is 1.48. The van der Waals surface area contributed by atoms with Crippen LogP contribution in [0.2, 0.25) is 0 Å². The van der Waals surface area contributed by atoms with E-state index in [1.807, 2.05) is 24.7 Å². The quantitative estimate of drug-likeness (QED) is 0.433. The first-order valence-corrected chi connectivity index (χ1v) is 11.8. The maximum atomic E-state index is 5.35. The molecule has 158 valence electrons. The van der Waals surface area contributed by atoms with Crippen molar-refractivity contribution in [1.82, 2.24) is 19.8 Å². The van der Waals surface area contributed by atoms with Gasteiger partial charge in [0.1, 0.15) is 5.75 Å². The Hall–Kier alpha value is -1.63. The lowest BCUT2D eigenvalue weighted by atomic mass is 9.96. The molecule has 1 aliphatic rings. The molecule has 1 aromatic carbocycles. The molecule has 5 nitrogen and oxygen atoms in total. The van der Waals surface area contributed by atoms with Crippen LogP contribution in [0.1, 0.15) is 30.9 Å². The number of methoxy groups -OCH3 is 1. The van der Waals surface area contributed by atoms with Crippen molar-refractivity contribution in [3.8, 4) is 5.75 Å². The van der Waals surface area contributed by atoms with Gasteiger partial charge in [-0.2, -0.15) is 0 Å². The summed E-state index contributed by atoms with van der Waals surface area (Å²) in [6.45, 7) is 8.94. The molecular weight excluding hydrogens is 380 g/mol. The predicted molar refractivity (Wildman–Crippen MR) is 121 cm³/mol. The molecule has 2 aromatic rings. The van der Waals surface area contributed by atoms with Crippen molar-refractivity contribution in [2.75, 3.05) is 46.1 Å². The molecule has 1 saturated heterocycles. The van der Waals surface area contributed by atoms with E-state index < -0.39 is 0 Å². The summed E-state index contributed by atoms with van der Waals surface area (Å²) in [4.78, 5) is 14.0. The van der Waals surface area contributed by atoms with Crippen LogP contribution in [0, 0.1) is 5.92 Å². The van der Waals surface area contributed by atoms with Crippen LogP contribution in [0.25, 0.3) is 0 Å². The molecule has 0 amide bonds. The van der Waals surface area contributed by atoms with Gasteiger partial charge >= 0.3 is 0 Å². The van der Waals surface area contributed by atoms with Gasteiger partial charge in [-0.25, -0.2) is 9.97 Å². The third-order valence-corrected chi connectivity index (χ3v) is 6.26. The molecule has 0 radical (unpaired) electrons. The van der Waals surface area contributed by atoms with Crippen molar-refractivity contribution < 1.29 is 4.74 Å². The maximum absolute atomic E-state index is 5.35. The van der Waals surface area contributed by atoms with Crippen LogP contribution in [0.15, 0.2) is 41.8 Å². The lowest BCUT2D eigenvalue weighted by molar-refractivity contribution is 0.133. The Bertz CT molecular complexity index is 740. The standard InChI is InChI=1S/C23H34N4OS/c1-4-26(18-21-14-24-23(29-3)25-15-21)16-20-8-6-11-27(17-20)12-10-19-7-5-9-22(13-19)28-2/h5,7,9,13-15,20H,4,6,8,10-12,16-18H2,1-3H3/t20-/m0/s1. The normalized spacial score (nSPS) is 17.6. The van der Waals surface area contributed by atoms with Crippen molar-refractivity contribution in [2.45, 2.75) is 37.9 Å². The molecule has 3 rings (SSSR count). The summed E-state index contributed by atoms with van der Waals surface area (Å²) < 4.78 is 5.35. The zero-order valence-electron chi connectivity index (χ0n) is 18.0. The lowest BCUT2D eigenvalue weighted by Gasteiger charge is -2.35. The Labute approximate surface area is 179 Å². The van der Waals surface area contributed by atoms with Crippen LogP contribution in [-0.4, -0.2) is 65.9 Å². The Morgan fingerprint density at radius 3 is 2.79 bits per heavy atom. The highest BCUT2D eigenvalue weighted by molar-refractivity contribution is 7.98. The highest BCUT2D eigenvalue weighted by Gasteiger charge is 2.21. The van der Waals surface area contributed by atoms with Crippen molar-refractivity contribution in [3.05, 3.63) is 47.8 Å². The summed E-state index contributed by atoms with van der Waals surface area (Å²) in [6, 6.07) is 8.46. The minimum Gasteiger partial charge on any atom is -0.497 e. The molecule has 29 heavy (non-hydrogen) atoms. The first-order chi connectivity index (χ1) is 14.2. The number of hydrogen-bond donors (Lipinski definition) is 0. The molecule has 1 aliphatic heterocycles. The first-order valence-electron chi connectivity index (χ1n) is 10.6. The summed E-state index contributed by atoms with van der Waals surface area (Å²) in [6.07, 6.45) is 9.67. The average molecular weight is 415 g/mol. The fourth-order valence-corrected chi connectivity index (χ4v) is 4.39. The monoisotopic (exact) mass is 414 g/mol. The van der Waals surface area contributed by atoms with E-state index in [2.05, 4.69) is 44.9 Å². The van der Waals surface area contributed by atoms with Crippen LogP contribution in [0.3, 0.4) is 0 Å². The van der Waals surface area contributed by atoms with Crippen LogP contribution in [0.4, 0.5) is 0 Å². The van der Waals surface area contributed by atoms with Gasteiger partial charge in [0, 0.05) is 44.1 Å². The molecule has 0 unspecified atom stereocenters. The topological polar surface area (TPSA) is 41.5 Å². The number of likely N-dealkylation sites (tertiary alicyclic amines) is 1. The van der Waals surface area contributed by atoms with Crippen LogP contribution >= 0.6 is 11.8 Å². The third kappa shape index (κ3) is 6.98. The fraction of sp³-hybridized carbons (Fsp3) is 0.565. The van der Waals surface area contributed by atoms with Crippen LogP contribution < -0.4 is 4.74 Å². The largest absolute Gasteiger partial charge is 0.497 e. The minimum atomic E-state index is 0.736. The molecule has 0 N–H and O–H groups in total. The number of benzene rings is 1. The summed E-state index contributed by atoms with van der Waals surface area (Å²) in [5.74, 6) is 1.69. The molecule has 6 heteroatoms. The van der Waals surface area contributed by atoms with Gasteiger partial charge in [-0.3, -0.25) is 4.90 Å². The Kier molecular flexibility index (Phi) is 8.77. The summed E-state index contributed by atoms with van der Waals surface area (Å²) in [7, 11) is 1.73. The Morgan fingerprint density at radius 1 is 1.24 bits per heavy atom. The zero-order chi connectivity index (χ0) is 20.5. The smallest absolute Gasteiger partial charge is 0.187 e. The molecule has 1 fully saturated rings. The van der Waals surface area contributed by atoms with E-state index in [1.54, 1.807) is 18.9 Å². The predicted octanol–water partition coefficient (Wildman–Crippen LogP) is 3.98. The highest BCUT2D eigenvalue weighted by atomic mass is 32.2. The van der Waals surface area contributed by atoms with E-state index in [9.17, 15) is 0 Å². The fourth-order valence-electron chi connectivity index (χ4n) is 4.08. The molecule has 0 aliphatic carbocycles. The molecule has 0 saturated carbocycles. The number of rotatable bonds is 10. The summed E-state index contributed by atoms with van der Waals surface area (Å²) in [5.41, 5.74) is 2.56. The molecule has 2 heterocycles. The van der Waals surface area contributed by atoms with E-state index in [4.69, 9.17) is 4.74 Å². The van der Waals surface area contributed by atoms with Crippen LogP contribution in [-0.2, 0) is 13.0 Å². The van der Waals surface area contributed by atoms with Crippen molar-refractivity contribution >= 4 is 11.8 Å².